The Balaban J connectivity index is 2.34. The summed E-state index contributed by atoms with van der Waals surface area (Å²) in [6.45, 7) is 2.24. The van der Waals surface area contributed by atoms with Crippen LogP contribution in [0.25, 0.3) is 0 Å². The lowest BCUT2D eigenvalue weighted by atomic mass is 10.2. The Hall–Kier alpha value is -1.39. The smallest absolute Gasteiger partial charge is 0.249 e. The van der Waals surface area contributed by atoms with Crippen molar-refractivity contribution in [2.24, 2.45) is 5.73 Å². The molecule has 82 valence electrons. The number of carbonyl (C=O) groups excluding carboxylic acids is 1. The van der Waals surface area contributed by atoms with E-state index in [1.54, 1.807) is 6.92 Å². The van der Waals surface area contributed by atoms with Gasteiger partial charge in [0.05, 0.1) is 6.73 Å². The van der Waals surface area contributed by atoms with Gasteiger partial charge in [0.1, 0.15) is 6.10 Å². The van der Waals surface area contributed by atoms with E-state index in [0.29, 0.717) is 6.54 Å². The van der Waals surface area contributed by atoms with Crippen molar-refractivity contribution in [1.82, 2.24) is 5.32 Å². The first-order valence-electron chi connectivity index (χ1n) is 4.87. The zero-order chi connectivity index (χ0) is 11.1. The van der Waals surface area contributed by atoms with Crippen LogP contribution < -0.4 is 11.1 Å². The topological polar surface area (TPSA) is 64.3 Å². The number of amides is 1. The number of nitrogens with two attached hydrogens (primary N) is 1. The normalized spacial score (nSPS) is 12.1. The Kier molecular flexibility index (Phi) is 4.80. The molecule has 0 aromatic heterocycles. The Morgan fingerprint density at radius 1 is 1.47 bits per heavy atom. The van der Waals surface area contributed by atoms with E-state index in [9.17, 15) is 4.79 Å². The molecule has 0 saturated carbocycles. The molecule has 1 atom stereocenters. The predicted octanol–water partition coefficient (Wildman–Crippen LogP) is 0.624. The van der Waals surface area contributed by atoms with Crippen LogP contribution in [-0.2, 0) is 16.1 Å². The van der Waals surface area contributed by atoms with Gasteiger partial charge in [0.15, 0.2) is 0 Å². The highest BCUT2D eigenvalue weighted by atomic mass is 16.5. The molecule has 15 heavy (non-hydrogen) atoms. The van der Waals surface area contributed by atoms with Crippen molar-refractivity contribution in [3.05, 3.63) is 35.9 Å². The lowest BCUT2D eigenvalue weighted by molar-refractivity contribution is -0.131. The molecule has 1 aromatic rings. The molecule has 0 saturated heterocycles. The highest BCUT2D eigenvalue weighted by molar-refractivity contribution is 5.80. The summed E-state index contributed by atoms with van der Waals surface area (Å²) in [5.41, 5.74) is 6.23. The van der Waals surface area contributed by atoms with Gasteiger partial charge >= 0.3 is 0 Å². The van der Waals surface area contributed by atoms with Crippen molar-refractivity contribution in [3.8, 4) is 0 Å². The first-order chi connectivity index (χ1) is 7.24. The molecule has 0 heterocycles. The lowest BCUT2D eigenvalue weighted by Gasteiger charge is -2.11. The van der Waals surface area contributed by atoms with Crippen molar-refractivity contribution in [2.45, 2.75) is 19.6 Å². The average molecular weight is 208 g/mol. The third kappa shape index (κ3) is 4.10. The second-order valence-electron chi connectivity index (χ2n) is 3.18. The third-order valence-electron chi connectivity index (χ3n) is 2.03. The summed E-state index contributed by atoms with van der Waals surface area (Å²) >= 11 is 0. The van der Waals surface area contributed by atoms with Gasteiger partial charge in [0.25, 0.3) is 0 Å². The van der Waals surface area contributed by atoms with E-state index >= 15 is 0 Å². The van der Waals surface area contributed by atoms with Gasteiger partial charge in [-0.25, -0.2) is 0 Å². The number of rotatable bonds is 5. The van der Waals surface area contributed by atoms with E-state index < -0.39 is 6.10 Å². The van der Waals surface area contributed by atoms with Gasteiger partial charge in [-0.2, -0.15) is 0 Å². The third-order valence-corrected chi connectivity index (χ3v) is 2.03. The molecule has 0 aliphatic heterocycles. The van der Waals surface area contributed by atoms with E-state index in [2.05, 4.69) is 5.32 Å². The Morgan fingerprint density at radius 3 is 2.73 bits per heavy atom. The van der Waals surface area contributed by atoms with Gasteiger partial charge in [-0.15, -0.1) is 0 Å². The number of nitrogens with one attached hydrogen (secondary N) is 1. The van der Waals surface area contributed by atoms with Crippen molar-refractivity contribution in [1.29, 1.82) is 0 Å². The summed E-state index contributed by atoms with van der Waals surface area (Å²) in [6, 6.07) is 9.71. The van der Waals surface area contributed by atoms with E-state index in [4.69, 9.17) is 10.5 Å². The molecule has 0 bridgehead atoms. The predicted molar refractivity (Wildman–Crippen MR) is 57.9 cm³/mol. The van der Waals surface area contributed by atoms with Crippen LogP contribution in [0.2, 0.25) is 0 Å². The number of benzene rings is 1. The minimum atomic E-state index is -0.501. The summed E-state index contributed by atoms with van der Waals surface area (Å²) < 4.78 is 4.96. The second-order valence-corrected chi connectivity index (χ2v) is 3.18. The molecule has 4 heteroatoms. The van der Waals surface area contributed by atoms with Gasteiger partial charge in [-0.3, -0.25) is 4.79 Å². The average Bonchev–Trinajstić information content (AvgIpc) is 2.27. The minimum absolute atomic E-state index is 0.0555. The molecule has 0 spiro atoms. The van der Waals surface area contributed by atoms with Crippen molar-refractivity contribution >= 4 is 5.91 Å². The summed E-state index contributed by atoms with van der Waals surface area (Å²) in [5, 5.41) is 2.76. The molecule has 0 unspecified atom stereocenters. The molecule has 0 radical (unpaired) electrons. The van der Waals surface area contributed by atoms with Crippen LogP contribution in [0, 0.1) is 0 Å². The lowest BCUT2D eigenvalue weighted by Crippen LogP contribution is -2.35. The summed E-state index contributed by atoms with van der Waals surface area (Å²) in [5.74, 6) is -0.149. The monoisotopic (exact) mass is 208 g/mol. The summed E-state index contributed by atoms with van der Waals surface area (Å²) in [6.07, 6.45) is -0.501. The fourth-order valence-corrected chi connectivity index (χ4v) is 1.15. The van der Waals surface area contributed by atoms with E-state index in [0.717, 1.165) is 5.56 Å². The van der Waals surface area contributed by atoms with Crippen LogP contribution in [0.1, 0.15) is 12.5 Å². The van der Waals surface area contributed by atoms with Crippen LogP contribution in [0.4, 0.5) is 0 Å². The van der Waals surface area contributed by atoms with Gasteiger partial charge in [-0.1, -0.05) is 30.3 Å². The van der Waals surface area contributed by atoms with Gasteiger partial charge in [0.2, 0.25) is 5.91 Å². The standard InChI is InChI=1S/C11H16N2O2/c1-9(15-8-12)11(14)13-7-10-5-3-2-4-6-10/h2-6,9H,7-8,12H2,1H3,(H,13,14)/t9-/m1/s1. The van der Waals surface area contributed by atoms with E-state index in [-0.39, 0.29) is 12.6 Å². The maximum atomic E-state index is 11.4. The molecular formula is C11H16N2O2. The molecule has 3 N–H and O–H groups in total. The highest BCUT2D eigenvalue weighted by Gasteiger charge is 2.11. The molecule has 1 rings (SSSR count). The molecular weight excluding hydrogens is 192 g/mol. The van der Waals surface area contributed by atoms with Crippen molar-refractivity contribution < 1.29 is 9.53 Å². The van der Waals surface area contributed by atoms with Crippen LogP contribution in [0.5, 0.6) is 0 Å². The molecule has 1 aromatic carbocycles. The fraction of sp³-hybridized carbons (Fsp3) is 0.364. The zero-order valence-electron chi connectivity index (χ0n) is 8.77. The summed E-state index contributed by atoms with van der Waals surface area (Å²) in [7, 11) is 0. The number of hydrogen-bond acceptors (Lipinski definition) is 3. The van der Waals surface area contributed by atoms with Crippen LogP contribution in [0.3, 0.4) is 0 Å². The van der Waals surface area contributed by atoms with Crippen molar-refractivity contribution in [2.75, 3.05) is 6.73 Å². The maximum absolute atomic E-state index is 11.4. The molecule has 4 nitrogen and oxygen atoms in total. The number of carbonyl (C=O) groups is 1. The van der Waals surface area contributed by atoms with Gasteiger partial charge in [0, 0.05) is 6.54 Å². The SMILES string of the molecule is C[C@@H](OCN)C(=O)NCc1ccccc1. The second kappa shape index (κ2) is 6.16. The summed E-state index contributed by atoms with van der Waals surface area (Å²) in [4.78, 5) is 11.4. The Morgan fingerprint density at radius 2 is 2.13 bits per heavy atom. The largest absolute Gasteiger partial charge is 0.354 e. The first kappa shape index (κ1) is 11.7. The fourth-order valence-electron chi connectivity index (χ4n) is 1.15. The van der Waals surface area contributed by atoms with Crippen molar-refractivity contribution in [3.63, 3.8) is 0 Å². The van der Waals surface area contributed by atoms with Gasteiger partial charge in [-0.05, 0) is 12.5 Å². The van der Waals surface area contributed by atoms with Crippen LogP contribution in [0.15, 0.2) is 30.3 Å². The van der Waals surface area contributed by atoms with E-state index in [1.165, 1.54) is 0 Å². The number of hydrogen-bond donors (Lipinski definition) is 2. The zero-order valence-corrected chi connectivity index (χ0v) is 8.77. The van der Waals surface area contributed by atoms with E-state index in [1.807, 2.05) is 30.3 Å². The number of ether oxygens (including phenoxy) is 1. The van der Waals surface area contributed by atoms with Crippen LogP contribution >= 0.6 is 0 Å². The Labute approximate surface area is 89.4 Å². The molecule has 1 amide bonds. The highest BCUT2D eigenvalue weighted by Crippen LogP contribution is 1.98. The molecule has 0 aliphatic rings. The molecule has 0 aliphatic carbocycles. The minimum Gasteiger partial charge on any atom is -0.354 e. The van der Waals surface area contributed by atoms with Crippen LogP contribution in [-0.4, -0.2) is 18.7 Å². The first-order valence-corrected chi connectivity index (χ1v) is 4.87. The quantitative estimate of drug-likeness (QED) is 0.697. The molecule has 0 fully saturated rings. The van der Waals surface area contributed by atoms with Gasteiger partial charge < -0.3 is 15.8 Å². The Bertz CT molecular complexity index is 301. The maximum Gasteiger partial charge on any atom is 0.249 e.